The van der Waals surface area contributed by atoms with Gasteiger partial charge in [0.15, 0.2) is 12.1 Å². The second-order valence-electron chi connectivity index (χ2n) is 8.75. The van der Waals surface area contributed by atoms with E-state index in [2.05, 4.69) is 61.5 Å². The molecule has 0 amide bonds. The first-order valence-corrected chi connectivity index (χ1v) is 10.6. The first-order chi connectivity index (χ1) is 13.7. The van der Waals surface area contributed by atoms with Crippen LogP contribution < -0.4 is 10.3 Å². The molecule has 7 heteroatoms. The van der Waals surface area contributed by atoms with Gasteiger partial charge >= 0.3 is 0 Å². The Hall–Kier alpha value is -2.12. The van der Waals surface area contributed by atoms with Crippen molar-refractivity contribution in [3.63, 3.8) is 0 Å². The third-order valence-corrected chi connectivity index (χ3v) is 7.12. The largest absolute Gasteiger partial charge is 0.317 e. The summed E-state index contributed by atoms with van der Waals surface area (Å²) in [5.41, 5.74) is 2.71. The molecule has 2 aliphatic heterocycles. The summed E-state index contributed by atoms with van der Waals surface area (Å²) in [5, 5.41) is 13.3. The molecule has 5 rings (SSSR count). The number of nitrogens with one attached hydrogen (secondary N) is 2. The number of piperidine rings is 1. The minimum Gasteiger partial charge on any atom is -0.317 e. The van der Waals surface area contributed by atoms with E-state index in [1.807, 2.05) is 13.1 Å². The van der Waals surface area contributed by atoms with Crippen LogP contribution in [-0.4, -0.2) is 58.5 Å². The summed E-state index contributed by atoms with van der Waals surface area (Å²) in [6.45, 7) is 4.24. The van der Waals surface area contributed by atoms with Gasteiger partial charge in [-0.15, -0.1) is 0 Å². The van der Waals surface area contributed by atoms with E-state index in [-0.39, 0.29) is 6.29 Å². The highest BCUT2D eigenvalue weighted by molar-refractivity contribution is 5.79. The van der Waals surface area contributed by atoms with Crippen LogP contribution in [0.2, 0.25) is 0 Å². The van der Waals surface area contributed by atoms with Crippen LogP contribution in [0.1, 0.15) is 49.9 Å². The Morgan fingerprint density at radius 1 is 1.18 bits per heavy atom. The number of nitrogens with zero attached hydrogens (tertiary/aromatic N) is 5. The molecule has 150 valence electrons. The average molecular weight is 382 g/mol. The first-order valence-electron chi connectivity index (χ1n) is 10.6. The van der Waals surface area contributed by atoms with Crippen molar-refractivity contribution in [3.8, 4) is 0 Å². The number of aromatic nitrogens is 3. The average Bonchev–Trinajstić information content (AvgIpc) is 3.37. The number of hydrogen-bond acceptors (Lipinski definition) is 5. The summed E-state index contributed by atoms with van der Waals surface area (Å²) < 4.78 is 2.18. The molecule has 1 atom stereocenters. The number of aromatic amines is 1. The molecule has 1 saturated heterocycles. The summed E-state index contributed by atoms with van der Waals surface area (Å²) in [5.74, 6) is 0.923. The standard InChI is InChI=1S/C21H31N7/c1-16-14-19(25-24-16)28-20(23-15-18-4-3-11-27(18)28)26-12-9-21(10-13-26)7-5-17(22-2)6-8-21/h3-4,11,14-15,17,20,22H,5-10,12-13H2,1-2H3,(H,24,25). The Morgan fingerprint density at radius 2 is 1.96 bits per heavy atom. The summed E-state index contributed by atoms with van der Waals surface area (Å²) in [6.07, 6.45) is 12.0. The van der Waals surface area contributed by atoms with Gasteiger partial charge in [0, 0.05) is 37.1 Å². The molecule has 1 spiro atoms. The van der Waals surface area contributed by atoms with Gasteiger partial charge in [-0.2, -0.15) is 5.10 Å². The lowest BCUT2D eigenvalue weighted by atomic mass is 9.67. The minimum absolute atomic E-state index is 0.0337. The number of anilines is 1. The summed E-state index contributed by atoms with van der Waals surface area (Å²) in [7, 11) is 2.10. The maximum absolute atomic E-state index is 4.93. The van der Waals surface area contributed by atoms with Gasteiger partial charge in [0.25, 0.3) is 0 Å². The van der Waals surface area contributed by atoms with Crippen LogP contribution in [0.15, 0.2) is 29.4 Å². The van der Waals surface area contributed by atoms with Gasteiger partial charge in [0.1, 0.15) is 0 Å². The number of aliphatic imine (C=N–C) groups is 1. The molecule has 7 nitrogen and oxygen atoms in total. The Bertz CT molecular complexity index is 833. The van der Waals surface area contributed by atoms with E-state index in [0.29, 0.717) is 5.41 Å². The van der Waals surface area contributed by atoms with E-state index in [1.165, 1.54) is 38.5 Å². The lowest BCUT2D eigenvalue weighted by Gasteiger charge is -2.49. The fourth-order valence-corrected chi connectivity index (χ4v) is 5.25. The highest BCUT2D eigenvalue weighted by Crippen LogP contribution is 2.45. The molecule has 2 aromatic heterocycles. The summed E-state index contributed by atoms with van der Waals surface area (Å²) in [6, 6.07) is 6.98. The fraction of sp³-hybridized carbons (Fsp3) is 0.619. The third-order valence-electron chi connectivity index (χ3n) is 7.12. The molecule has 0 radical (unpaired) electrons. The Morgan fingerprint density at radius 3 is 2.64 bits per heavy atom. The molecule has 1 aliphatic carbocycles. The zero-order valence-electron chi connectivity index (χ0n) is 16.9. The predicted molar refractivity (Wildman–Crippen MR) is 112 cm³/mol. The van der Waals surface area contributed by atoms with Crippen molar-refractivity contribution in [1.29, 1.82) is 0 Å². The number of aryl methyl sites for hydroxylation is 1. The van der Waals surface area contributed by atoms with Crippen molar-refractivity contribution >= 4 is 12.0 Å². The van der Waals surface area contributed by atoms with Crippen LogP contribution in [0.25, 0.3) is 0 Å². The molecule has 28 heavy (non-hydrogen) atoms. The number of likely N-dealkylation sites (tertiary alicyclic amines) is 1. The maximum Gasteiger partial charge on any atom is 0.198 e. The number of fused-ring (bicyclic) bond motifs is 1. The van der Waals surface area contributed by atoms with E-state index in [1.54, 1.807) is 0 Å². The van der Waals surface area contributed by atoms with E-state index < -0.39 is 0 Å². The Labute approximate surface area is 166 Å². The monoisotopic (exact) mass is 381 g/mol. The quantitative estimate of drug-likeness (QED) is 0.858. The van der Waals surface area contributed by atoms with Gasteiger partial charge in [0.2, 0.25) is 0 Å². The summed E-state index contributed by atoms with van der Waals surface area (Å²) >= 11 is 0. The Kier molecular flexibility index (Phi) is 4.51. The zero-order valence-corrected chi connectivity index (χ0v) is 16.9. The van der Waals surface area contributed by atoms with Gasteiger partial charge in [-0.3, -0.25) is 14.7 Å². The van der Waals surface area contributed by atoms with Crippen molar-refractivity contribution in [3.05, 3.63) is 35.8 Å². The van der Waals surface area contributed by atoms with Crippen LogP contribution in [0, 0.1) is 12.3 Å². The minimum atomic E-state index is -0.0337. The molecule has 2 N–H and O–H groups in total. The molecule has 0 bridgehead atoms. The fourth-order valence-electron chi connectivity index (χ4n) is 5.25. The van der Waals surface area contributed by atoms with Crippen LogP contribution in [0.3, 0.4) is 0 Å². The highest BCUT2D eigenvalue weighted by Gasteiger charge is 2.41. The smallest absolute Gasteiger partial charge is 0.198 e. The maximum atomic E-state index is 4.93. The van der Waals surface area contributed by atoms with Crippen molar-refractivity contribution in [2.45, 2.75) is 57.8 Å². The molecule has 2 aromatic rings. The van der Waals surface area contributed by atoms with Gasteiger partial charge in [-0.25, -0.2) is 10.0 Å². The number of rotatable bonds is 3. The topological polar surface area (TPSA) is 64.5 Å². The molecular weight excluding hydrogens is 350 g/mol. The van der Waals surface area contributed by atoms with Crippen molar-refractivity contribution in [2.75, 3.05) is 25.1 Å². The summed E-state index contributed by atoms with van der Waals surface area (Å²) in [4.78, 5) is 7.46. The van der Waals surface area contributed by atoms with E-state index in [9.17, 15) is 0 Å². The van der Waals surface area contributed by atoms with Crippen LogP contribution >= 0.6 is 0 Å². The molecular formula is C21H31N7. The SMILES string of the molecule is CNC1CCC2(CC1)CCN(C1N=Cc3cccn3N1c1cc(C)[nH]n1)CC2. The second kappa shape index (κ2) is 7.04. The lowest BCUT2D eigenvalue weighted by molar-refractivity contribution is 0.0370. The van der Waals surface area contributed by atoms with Gasteiger partial charge in [-0.1, -0.05) is 0 Å². The molecule has 1 saturated carbocycles. The van der Waals surface area contributed by atoms with Gasteiger partial charge in [-0.05, 0) is 70.0 Å². The molecule has 3 aliphatic rings. The first kappa shape index (κ1) is 17.9. The molecule has 2 fully saturated rings. The Balaban J connectivity index is 1.34. The predicted octanol–water partition coefficient (Wildman–Crippen LogP) is 2.75. The zero-order chi connectivity index (χ0) is 19.1. The third kappa shape index (κ3) is 3.06. The van der Waals surface area contributed by atoms with Crippen molar-refractivity contribution in [2.24, 2.45) is 10.4 Å². The van der Waals surface area contributed by atoms with Crippen molar-refractivity contribution < 1.29 is 0 Å². The number of hydrogen-bond donors (Lipinski definition) is 2. The van der Waals surface area contributed by atoms with Gasteiger partial charge in [0.05, 0.1) is 11.9 Å². The normalized spacial score (nSPS) is 25.4. The van der Waals surface area contributed by atoms with E-state index in [4.69, 9.17) is 4.99 Å². The van der Waals surface area contributed by atoms with Crippen LogP contribution in [-0.2, 0) is 0 Å². The molecule has 4 heterocycles. The van der Waals surface area contributed by atoms with Gasteiger partial charge < -0.3 is 5.32 Å². The highest BCUT2D eigenvalue weighted by atomic mass is 15.7. The lowest BCUT2D eigenvalue weighted by Crippen LogP contribution is -2.56. The van der Waals surface area contributed by atoms with E-state index >= 15 is 0 Å². The number of H-pyrrole nitrogens is 1. The molecule has 0 aromatic carbocycles. The van der Waals surface area contributed by atoms with Crippen LogP contribution in [0.4, 0.5) is 5.82 Å². The second-order valence-corrected chi connectivity index (χ2v) is 8.75. The van der Waals surface area contributed by atoms with E-state index in [0.717, 1.165) is 36.3 Å². The van der Waals surface area contributed by atoms with Crippen LogP contribution in [0.5, 0.6) is 0 Å². The van der Waals surface area contributed by atoms with Crippen molar-refractivity contribution in [1.82, 2.24) is 25.1 Å². The molecule has 1 unspecified atom stereocenters.